The SMILES string of the molecule is CCSc1cc(C2CC2)cnc1-c1nc2cc3c(cc2[nH]1)OC(F)(F)O3. The number of nitrogens with zero attached hydrogens (tertiary/aromatic N) is 2. The predicted molar refractivity (Wildman–Crippen MR) is 93.9 cm³/mol. The van der Waals surface area contributed by atoms with Crippen LogP contribution in [0.3, 0.4) is 0 Å². The summed E-state index contributed by atoms with van der Waals surface area (Å²) >= 11 is 1.72. The molecule has 1 aromatic carbocycles. The molecule has 5 rings (SSSR count). The lowest BCUT2D eigenvalue weighted by Crippen LogP contribution is -2.25. The van der Waals surface area contributed by atoms with E-state index < -0.39 is 6.29 Å². The molecule has 1 N–H and O–H groups in total. The zero-order valence-electron chi connectivity index (χ0n) is 13.9. The van der Waals surface area contributed by atoms with Crippen molar-refractivity contribution in [2.24, 2.45) is 0 Å². The van der Waals surface area contributed by atoms with Gasteiger partial charge in [0.2, 0.25) is 0 Å². The van der Waals surface area contributed by atoms with Gasteiger partial charge in [-0.3, -0.25) is 4.98 Å². The van der Waals surface area contributed by atoms with Gasteiger partial charge in [-0.2, -0.15) is 0 Å². The molecular weight excluding hydrogens is 360 g/mol. The van der Waals surface area contributed by atoms with Crippen LogP contribution in [-0.4, -0.2) is 27.0 Å². The van der Waals surface area contributed by atoms with Crippen LogP contribution >= 0.6 is 11.8 Å². The van der Waals surface area contributed by atoms with Crippen molar-refractivity contribution in [1.29, 1.82) is 0 Å². The van der Waals surface area contributed by atoms with Crippen LogP contribution in [0, 0.1) is 0 Å². The Balaban J connectivity index is 1.57. The second kappa shape index (κ2) is 5.57. The van der Waals surface area contributed by atoms with E-state index in [0.29, 0.717) is 22.8 Å². The van der Waals surface area contributed by atoms with Gasteiger partial charge >= 0.3 is 6.29 Å². The molecule has 1 fully saturated rings. The number of H-pyrrole nitrogens is 1. The van der Waals surface area contributed by atoms with Gasteiger partial charge in [0, 0.05) is 23.2 Å². The molecule has 3 heterocycles. The number of alkyl halides is 2. The number of halogens is 2. The first kappa shape index (κ1) is 15.9. The Morgan fingerprint density at radius 2 is 2.00 bits per heavy atom. The summed E-state index contributed by atoms with van der Waals surface area (Å²) in [6, 6.07) is 5.12. The summed E-state index contributed by atoms with van der Waals surface area (Å²) in [5, 5.41) is 0. The van der Waals surface area contributed by atoms with Gasteiger partial charge in [-0.15, -0.1) is 20.5 Å². The number of imidazole rings is 1. The highest BCUT2D eigenvalue weighted by atomic mass is 32.2. The summed E-state index contributed by atoms with van der Waals surface area (Å²) in [6.45, 7) is 2.09. The number of aromatic amines is 1. The van der Waals surface area contributed by atoms with Crippen molar-refractivity contribution in [2.75, 3.05) is 5.75 Å². The fraction of sp³-hybridized carbons (Fsp3) is 0.333. The van der Waals surface area contributed by atoms with E-state index in [1.165, 1.54) is 30.5 Å². The topological polar surface area (TPSA) is 60.0 Å². The van der Waals surface area contributed by atoms with Crippen LogP contribution in [0.2, 0.25) is 0 Å². The highest BCUT2D eigenvalue weighted by Gasteiger charge is 2.43. The molecule has 0 radical (unpaired) electrons. The maximum atomic E-state index is 13.2. The van der Waals surface area contributed by atoms with Crippen LogP contribution in [0.1, 0.15) is 31.2 Å². The predicted octanol–water partition coefficient (Wildman–Crippen LogP) is 4.94. The lowest BCUT2D eigenvalue weighted by Gasteiger charge is -2.07. The number of thioether (sulfide) groups is 1. The number of rotatable bonds is 4. The van der Waals surface area contributed by atoms with Crippen molar-refractivity contribution < 1.29 is 18.3 Å². The number of ether oxygens (including phenoxy) is 2. The molecule has 2 aromatic heterocycles. The zero-order valence-corrected chi connectivity index (χ0v) is 14.7. The van der Waals surface area contributed by atoms with Crippen molar-refractivity contribution in [2.45, 2.75) is 36.9 Å². The number of hydrogen-bond acceptors (Lipinski definition) is 5. The molecule has 134 valence electrons. The summed E-state index contributed by atoms with van der Waals surface area (Å²) in [5.41, 5.74) is 3.16. The molecule has 5 nitrogen and oxygen atoms in total. The molecule has 3 aromatic rings. The third kappa shape index (κ3) is 2.68. The normalized spacial score (nSPS) is 17.8. The third-order valence-electron chi connectivity index (χ3n) is 4.45. The number of benzene rings is 1. The second-order valence-electron chi connectivity index (χ2n) is 6.39. The number of fused-ring (bicyclic) bond motifs is 2. The Morgan fingerprint density at radius 1 is 1.23 bits per heavy atom. The molecule has 0 bridgehead atoms. The van der Waals surface area contributed by atoms with Gasteiger partial charge in [-0.25, -0.2) is 4.98 Å². The first-order valence-electron chi connectivity index (χ1n) is 8.45. The van der Waals surface area contributed by atoms with Crippen LogP contribution in [0.4, 0.5) is 8.78 Å². The quantitative estimate of drug-likeness (QED) is 0.655. The maximum absolute atomic E-state index is 13.2. The summed E-state index contributed by atoms with van der Waals surface area (Å²) < 4.78 is 35.4. The summed E-state index contributed by atoms with van der Waals surface area (Å²) in [6.07, 6.45) is 0.720. The number of pyridine rings is 1. The van der Waals surface area contributed by atoms with E-state index in [2.05, 4.69) is 37.4 Å². The van der Waals surface area contributed by atoms with Gasteiger partial charge in [0.25, 0.3) is 0 Å². The van der Waals surface area contributed by atoms with Crippen LogP contribution < -0.4 is 9.47 Å². The van der Waals surface area contributed by atoms with Gasteiger partial charge in [0.05, 0.1) is 11.0 Å². The highest BCUT2D eigenvalue weighted by Crippen LogP contribution is 2.44. The Kier molecular flexibility index (Phi) is 3.40. The van der Waals surface area contributed by atoms with E-state index in [1.54, 1.807) is 11.8 Å². The number of hydrogen-bond donors (Lipinski definition) is 1. The van der Waals surface area contributed by atoms with E-state index >= 15 is 0 Å². The van der Waals surface area contributed by atoms with Crippen molar-refractivity contribution >= 4 is 22.8 Å². The summed E-state index contributed by atoms with van der Waals surface area (Å²) in [7, 11) is 0. The fourth-order valence-electron chi connectivity index (χ4n) is 3.11. The lowest BCUT2D eigenvalue weighted by molar-refractivity contribution is -0.286. The molecule has 0 saturated heterocycles. The summed E-state index contributed by atoms with van der Waals surface area (Å²) in [4.78, 5) is 13.4. The van der Waals surface area contributed by atoms with E-state index in [0.717, 1.165) is 16.3 Å². The molecule has 0 amide bonds. The standard InChI is InChI=1S/C18H15F2N3O2S/c1-2-26-15-5-10(9-3-4-9)8-21-16(15)17-22-11-6-13-14(7-12(11)23-17)25-18(19,20)24-13/h5-9H,2-4H2,1H3,(H,22,23). The van der Waals surface area contributed by atoms with Gasteiger partial charge in [0.1, 0.15) is 5.69 Å². The van der Waals surface area contributed by atoms with Gasteiger partial charge in [-0.1, -0.05) is 6.92 Å². The first-order valence-corrected chi connectivity index (χ1v) is 9.43. The van der Waals surface area contributed by atoms with Crippen LogP contribution in [0.5, 0.6) is 11.5 Å². The van der Waals surface area contributed by atoms with Crippen LogP contribution in [0.25, 0.3) is 22.6 Å². The van der Waals surface area contributed by atoms with Crippen molar-refractivity contribution in [3.05, 3.63) is 30.0 Å². The molecule has 1 aliphatic carbocycles. The summed E-state index contributed by atoms with van der Waals surface area (Å²) in [5.74, 6) is 2.14. The molecule has 26 heavy (non-hydrogen) atoms. The molecular formula is C18H15F2N3O2S. The van der Waals surface area contributed by atoms with E-state index in [-0.39, 0.29) is 11.5 Å². The van der Waals surface area contributed by atoms with Crippen LogP contribution in [-0.2, 0) is 0 Å². The molecule has 8 heteroatoms. The minimum absolute atomic E-state index is 0.00195. The average molecular weight is 375 g/mol. The van der Waals surface area contributed by atoms with Crippen molar-refractivity contribution in [3.8, 4) is 23.0 Å². The lowest BCUT2D eigenvalue weighted by atomic mass is 10.2. The fourth-order valence-corrected chi connectivity index (χ4v) is 3.93. The number of aromatic nitrogens is 3. The van der Waals surface area contributed by atoms with Gasteiger partial charge in [0.15, 0.2) is 17.3 Å². The van der Waals surface area contributed by atoms with E-state index in [4.69, 9.17) is 0 Å². The Labute approximate surface area is 152 Å². The van der Waals surface area contributed by atoms with Gasteiger partial charge < -0.3 is 14.5 Å². The van der Waals surface area contributed by atoms with E-state index in [1.807, 2.05) is 6.20 Å². The molecule has 0 unspecified atom stereocenters. The van der Waals surface area contributed by atoms with Crippen molar-refractivity contribution in [3.63, 3.8) is 0 Å². The highest BCUT2D eigenvalue weighted by molar-refractivity contribution is 7.99. The zero-order chi connectivity index (χ0) is 17.9. The molecule has 0 atom stereocenters. The minimum Gasteiger partial charge on any atom is -0.395 e. The minimum atomic E-state index is -3.63. The van der Waals surface area contributed by atoms with E-state index in [9.17, 15) is 8.78 Å². The maximum Gasteiger partial charge on any atom is 0.586 e. The molecule has 2 aliphatic rings. The molecule has 1 saturated carbocycles. The second-order valence-corrected chi connectivity index (χ2v) is 7.70. The number of nitrogens with one attached hydrogen (secondary N) is 1. The Hall–Kier alpha value is -2.35. The largest absolute Gasteiger partial charge is 0.586 e. The average Bonchev–Trinajstić information content (AvgIpc) is 3.29. The Morgan fingerprint density at radius 3 is 2.73 bits per heavy atom. The van der Waals surface area contributed by atoms with Gasteiger partial charge in [-0.05, 0) is 36.1 Å². The molecule has 0 spiro atoms. The first-order chi connectivity index (χ1) is 12.5. The smallest absolute Gasteiger partial charge is 0.395 e. The monoisotopic (exact) mass is 375 g/mol. The third-order valence-corrected chi connectivity index (χ3v) is 5.36. The molecule has 1 aliphatic heterocycles. The van der Waals surface area contributed by atoms with Crippen LogP contribution in [0.15, 0.2) is 29.3 Å². The van der Waals surface area contributed by atoms with Crippen molar-refractivity contribution in [1.82, 2.24) is 15.0 Å². The Bertz CT molecular complexity index is 972.